The fraction of sp³-hybridized carbons (Fsp3) is 0.435. The van der Waals surface area contributed by atoms with E-state index in [0.29, 0.717) is 17.1 Å². The number of carbonyl (C=O) groups excluding carboxylic acids is 1. The first-order valence-electron chi connectivity index (χ1n) is 10.7. The van der Waals surface area contributed by atoms with Gasteiger partial charge < -0.3 is 14.5 Å². The average Bonchev–Trinajstić information content (AvgIpc) is 2.79. The maximum atomic E-state index is 13.4. The molecule has 2 heterocycles. The molecule has 2 aromatic carbocycles. The molecule has 0 unspecified atom stereocenters. The van der Waals surface area contributed by atoms with Crippen molar-refractivity contribution in [2.45, 2.75) is 36.3 Å². The van der Waals surface area contributed by atoms with Crippen molar-refractivity contribution >= 4 is 33.4 Å². The molecular formula is C23H28ClN3O4S. The maximum absolute atomic E-state index is 13.4. The summed E-state index contributed by atoms with van der Waals surface area (Å²) in [5.74, 6) is 0. The molecule has 2 aromatic rings. The minimum absolute atomic E-state index is 0.0644. The normalized spacial score (nSPS) is 20.0. The molecule has 9 heteroatoms. The van der Waals surface area contributed by atoms with Gasteiger partial charge in [0.25, 0.3) is 10.0 Å². The van der Waals surface area contributed by atoms with E-state index in [1.165, 1.54) is 16.4 Å². The van der Waals surface area contributed by atoms with Gasteiger partial charge in [0.05, 0.1) is 17.1 Å². The van der Waals surface area contributed by atoms with Crippen LogP contribution < -0.4 is 4.31 Å². The maximum Gasteiger partial charge on any atom is 0.410 e. The Morgan fingerprint density at radius 3 is 2.44 bits per heavy atom. The molecule has 0 aliphatic carbocycles. The summed E-state index contributed by atoms with van der Waals surface area (Å²) in [4.78, 5) is 16.9. The standard InChI is InChI=1S/C23H28ClN3O4S/c1-25-13-11-19(12-14-25)26(2)23(28)31-20-15-17-5-3-4-6-22(17)27(16-20)32(29,30)21-9-7-18(24)8-10-21/h3-10,19-20H,11-16H2,1-2H3/t20-/m1/s1. The zero-order valence-corrected chi connectivity index (χ0v) is 19.8. The lowest BCUT2D eigenvalue weighted by Gasteiger charge is -2.37. The lowest BCUT2D eigenvalue weighted by Crippen LogP contribution is -2.48. The number of para-hydroxylation sites is 1. The van der Waals surface area contributed by atoms with Gasteiger partial charge in [-0.1, -0.05) is 29.8 Å². The monoisotopic (exact) mass is 477 g/mol. The molecular weight excluding hydrogens is 450 g/mol. The van der Waals surface area contributed by atoms with E-state index in [9.17, 15) is 13.2 Å². The number of halogens is 1. The molecule has 0 aromatic heterocycles. The molecule has 1 fully saturated rings. The van der Waals surface area contributed by atoms with Crippen molar-refractivity contribution in [3.8, 4) is 0 Å². The van der Waals surface area contributed by atoms with Gasteiger partial charge in [-0.25, -0.2) is 13.2 Å². The number of piperidine rings is 1. The van der Waals surface area contributed by atoms with Crippen LogP contribution in [0.3, 0.4) is 0 Å². The summed E-state index contributed by atoms with van der Waals surface area (Å²) >= 11 is 5.94. The zero-order chi connectivity index (χ0) is 22.9. The van der Waals surface area contributed by atoms with E-state index >= 15 is 0 Å². The molecule has 4 rings (SSSR count). The minimum Gasteiger partial charge on any atom is -0.444 e. The minimum atomic E-state index is -3.84. The number of benzene rings is 2. The lowest BCUT2D eigenvalue weighted by atomic mass is 10.0. The quantitative estimate of drug-likeness (QED) is 0.672. The number of anilines is 1. The molecule has 1 saturated heterocycles. The Hall–Kier alpha value is -2.29. The SMILES string of the molecule is CN1CCC(N(C)C(=O)O[C@@H]2Cc3ccccc3N(S(=O)(=O)c3ccc(Cl)cc3)C2)CC1. The van der Waals surface area contributed by atoms with E-state index in [2.05, 4.69) is 11.9 Å². The Labute approximate surface area is 194 Å². The molecule has 0 N–H and O–H groups in total. The number of hydrogen-bond donors (Lipinski definition) is 0. The predicted molar refractivity (Wildman–Crippen MR) is 125 cm³/mol. The number of fused-ring (bicyclic) bond motifs is 1. The van der Waals surface area contributed by atoms with Crippen LogP contribution in [0.4, 0.5) is 10.5 Å². The zero-order valence-electron chi connectivity index (χ0n) is 18.3. The molecule has 32 heavy (non-hydrogen) atoms. The summed E-state index contributed by atoms with van der Waals surface area (Å²) in [6, 6.07) is 13.5. The largest absolute Gasteiger partial charge is 0.444 e. The van der Waals surface area contributed by atoms with Crippen LogP contribution in [-0.4, -0.2) is 70.2 Å². The van der Waals surface area contributed by atoms with Crippen LogP contribution in [0.5, 0.6) is 0 Å². The van der Waals surface area contributed by atoms with E-state index in [4.69, 9.17) is 16.3 Å². The molecule has 0 saturated carbocycles. The molecule has 2 aliphatic heterocycles. The van der Waals surface area contributed by atoms with Gasteiger partial charge in [-0.2, -0.15) is 0 Å². The first-order chi connectivity index (χ1) is 15.3. The Kier molecular flexibility index (Phi) is 6.65. The number of likely N-dealkylation sites (tertiary alicyclic amines) is 1. The molecule has 0 radical (unpaired) electrons. The van der Waals surface area contributed by atoms with Crippen molar-refractivity contribution in [3.63, 3.8) is 0 Å². The lowest BCUT2D eigenvalue weighted by molar-refractivity contribution is 0.0510. The van der Waals surface area contributed by atoms with Gasteiger partial charge in [-0.15, -0.1) is 0 Å². The first kappa shape index (κ1) is 22.9. The Morgan fingerprint density at radius 1 is 1.09 bits per heavy atom. The third-order valence-corrected chi connectivity index (χ3v) is 8.32. The first-order valence-corrected chi connectivity index (χ1v) is 12.6. The third-order valence-electron chi connectivity index (χ3n) is 6.27. The highest BCUT2D eigenvalue weighted by atomic mass is 35.5. The highest BCUT2D eigenvalue weighted by Gasteiger charge is 2.36. The third kappa shape index (κ3) is 4.72. The van der Waals surface area contributed by atoms with Gasteiger partial charge in [0, 0.05) is 24.5 Å². The van der Waals surface area contributed by atoms with Crippen LogP contribution in [0.2, 0.25) is 5.02 Å². The van der Waals surface area contributed by atoms with E-state index in [1.807, 2.05) is 18.2 Å². The number of carbonyl (C=O) groups is 1. The predicted octanol–water partition coefficient (Wildman–Crippen LogP) is 3.62. The summed E-state index contributed by atoms with van der Waals surface area (Å²) < 4.78 is 34.0. The van der Waals surface area contributed by atoms with Crippen molar-refractivity contribution in [1.82, 2.24) is 9.80 Å². The van der Waals surface area contributed by atoms with Crippen LogP contribution in [0.25, 0.3) is 0 Å². The van der Waals surface area contributed by atoms with Gasteiger partial charge in [0.2, 0.25) is 0 Å². The second-order valence-corrected chi connectivity index (χ2v) is 10.8. The van der Waals surface area contributed by atoms with Gasteiger partial charge in [-0.05, 0) is 68.9 Å². The van der Waals surface area contributed by atoms with E-state index in [1.54, 1.807) is 30.1 Å². The summed E-state index contributed by atoms with van der Waals surface area (Å²) in [7, 11) is -0.00914. The molecule has 172 valence electrons. The van der Waals surface area contributed by atoms with Gasteiger partial charge >= 0.3 is 6.09 Å². The number of amides is 1. The molecule has 0 spiro atoms. The van der Waals surface area contributed by atoms with Crippen molar-refractivity contribution in [2.24, 2.45) is 0 Å². The topological polar surface area (TPSA) is 70.2 Å². The smallest absolute Gasteiger partial charge is 0.410 e. The highest BCUT2D eigenvalue weighted by Crippen LogP contribution is 2.33. The number of rotatable bonds is 4. The van der Waals surface area contributed by atoms with Crippen molar-refractivity contribution in [3.05, 3.63) is 59.1 Å². The molecule has 1 amide bonds. The molecule has 1 atom stereocenters. The number of nitrogens with zero attached hydrogens (tertiary/aromatic N) is 3. The van der Waals surface area contributed by atoms with Crippen molar-refractivity contribution in [2.75, 3.05) is 38.0 Å². The van der Waals surface area contributed by atoms with Crippen molar-refractivity contribution in [1.29, 1.82) is 0 Å². The highest BCUT2D eigenvalue weighted by molar-refractivity contribution is 7.92. The fourth-order valence-electron chi connectivity index (χ4n) is 4.32. The second kappa shape index (κ2) is 9.29. The van der Waals surface area contributed by atoms with Crippen LogP contribution >= 0.6 is 11.6 Å². The van der Waals surface area contributed by atoms with E-state index in [0.717, 1.165) is 31.5 Å². The Morgan fingerprint density at radius 2 is 1.75 bits per heavy atom. The van der Waals surface area contributed by atoms with Crippen LogP contribution in [0.15, 0.2) is 53.4 Å². The molecule has 0 bridgehead atoms. The summed E-state index contributed by atoms with van der Waals surface area (Å²) in [5.41, 5.74) is 1.44. The van der Waals surface area contributed by atoms with Crippen molar-refractivity contribution < 1.29 is 17.9 Å². The second-order valence-electron chi connectivity index (χ2n) is 8.47. The van der Waals surface area contributed by atoms with E-state index < -0.39 is 22.2 Å². The number of ether oxygens (including phenoxy) is 1. The van der Waals surface area contributed by atoms with E-state index in [-0.39, 0.29) is 17.5 Å². The van der Waals surface area contributed by atoms with Gasteiger partial charge in [0.1, 0.15) is 6.10 Å². The molecule has 2 aliphatic rings. The van der Waals surface area contributed by atoms with Crippen LogP contribution in [0.1, 0.15) is 18.4 Å². The number of sulfonamides is 1. The Bertz CT molecular complexity index is 1070. The summed E-state index contributed by atoms with van der Waals surface area (Å²) in [6.45, 7) is 1.94. The fourth-order valence-corrected chi connectivity index (χ4v) is 5.98. The molecule has 7 nitrogen and oxygen atoms in total. The number of hydrogen-bond acceptors (Lipinski definition) is 5. The summed E-state index contributed by atoms with van der Waals surface area (Å²) in [6.07, 6.45) is 1.27. The summed E-state index contributed by atoms with van der Waals surface area (Å²) in [5, 5.41) is 0.465. The van der Waals surface area contributed by atoms with Crippen LogP contribution in [-0.2, 0) is 21.2 Å². The van der Waals surface area contributed by atoms with Crippen LogP contribution in [0, 0.1) is 0 Å². The Balaban J connectivity index is 1.54. The van der Waals surface area contributed by atoms with Gasteiger partial charge in [0.15, 0.2) is 0 Å². The average molecular weight is 478 g/mol. The van der Waals surface area contributed by atoms with Gasteiger partial charge in [-0.3, -0.25) is 4.31 Å².